The predicted molar refractivity (Wildman–Crippen MR) is 89.3 cm³/mol. The zero-order chi connectivity index (χ0) is 17.4. The van der Waals surface area contributed by atoms with Crippen molar-refractivity contribution in [2.45, 2.75) is 19.9 Å². The third-order valence-electron chi connectivity index (χ3n) is 4.70. The molecule has 1 fully saturated rings. The number of nitrogens with one attached hydrogen (secondary N) is 1. The first-order valence-corrected chi connectivity index (χ1v) is 7.96. The van der Waals surface area contributed by atoms with Gasteiger partial charge in [0, 0.05) is 11.6 Å². The lowest BCUT2D eigenvalue weighted by Crippen LogP contribution is -2.36. The van der Waals surface area contributed by atoms with Gasteiger partial charge in [0.25, 0.3) is 0 Å². The highest BCUT2D eigenvalue weighted by molar-refractivity contribution is 6.30. The van der Waals surface area contributed by atoms with Crippen molar-refractivity contribution in [2.75, 3.05) is 20.6 Å². The van der Waals surface area contributed by atoms with Crippen LogP contribution in [0.25, 0.3) is 0 Å². The van der Waals surface area contributed by atoms with Gasteiger partial charge in [-0.3, -0.25) is 9.59 Å². The van der Waals surface area contributed by atoms with E-state index in [1.807, 2.05) is 51.0 Å². The van der Waals surface area contributed by atoms with Crippen LogP contribution in [-0.2, 0) is 9.59 Å². The van der Waals surface area contributed by atoms with Crippen molar-refractivity contribution < 1.29 is 14.7 Å². The molecule has 1 aliphatic carbocycles. The Morgan fingerprint density at radius 3 is 2.48 bits per heavy atom. The Morgan fingerprint density at radius 2 is 2.00 bits per heavy atom. The highest BCUT2D eigenvalue weighted by Gasteiger charge is 2.65. The molecule has 1 saturated carbocycles. The number of amides is 1. The standard InChI is InChI=1S/C17H23ClN2O3/c1-17(2)13(14(17)16(22)23)15(21)19-9-12(20(3)4)10-6-5-7-11(18)8-10/h5-8,12-14H,9H2,1-4H3,(H,19,21)(H,22,23). The van der Waals surface area contributed by atoms with Crippen LogP contribution in [-0.4, -0.2) is 42.5 Å². The second kappa shape index (κ2) is 6.49. The molecule has 3 atom stereocenters. The lowest BCUT2D eigenvalue weighted by molar-refractivity contribution is -0.140. The summed E-state index contributed by atoms with van der Waals surface area (Å²) in [5.41, 5.74) is 0.521. The van der Waals surface area contributed by atoms with E-state index in [1.165, 1.54) is 0 Å². The molecular weight excluding hydrogens is 316 g/mol. The lowest BCUT2D eigenvalue weighted by atomic mass is 10.1. The third-order valence-corrected chi connectivity index (χ3v) is 4.94. The number of likely N-dealkylation sites (N-methyl/N-ethyl adjacent to an activating group) is 1. The fourth-order valence-electron chi connectivity index (χ4n) is 3.21. The van der Waals surface area contributed by atoms with Crippen molar-refractivity contribution in [3.63, 3.8) is 0 Å². The summed E-state index contributed by atoms with van der Waals surface area (Å²) in [6.45, 7) is 4.04. The number of nitrogens with zero attached hydrogens (tertiary/aromatic N) is 1. The molecule has 5 nitrogen and oxygen atoms in total. The number of aliphatic carboxylic acids is 1. The van der Waals surface area contributed by atoms with E-state index in [4.69, 9.17) is 11.6 Å². The van der Waals surface area contributed by atoms with Crippen LogP contribution < -0.4 is 5.32 Å². The highest BCUT2D eigenvalue weighted by atomic mass is 35.5. The third kappa shape index (κ3) is 3.67. The Hall–Kier alpha value is -1.59. The monoisotopic (exact) mass is 338 g/mol. The first-order chi connectivity index (χ1) is 10.7. The first-order valence-electron chi connectivity index (χ1n) is 7.58. The molecule has 1 amide bonds. The molecule has 6 heteroatoms. The van der Waals surface area contributed by atoms with Crippen molar-refractivity contribution in [3.05, 3.63) is 34.9 Å². The van der Waals surface area contributed by atoms with E-state index >= 15 is 0 Å². The Labute approximate surface area is 141 Å². The number of benzene rings is 1. The number of halogens is 1. The maximum absolute atomic E-state index is 12.3. The topological polar surface area (TPSA) is 69.6 Å². The Morgan fingerprint density at radius 1 is 1.35 bits per heavy atom. The van der Waals surface area contributed by atoms with Crippen LogP contribution in [0, 0.1) is 17.3 Å². The van der Waals surface area contributed by atoms with E-state index in [9.17, 15) is 14.7 Å². The van der Waals surface area contributed by atoms with Crippen LogP contribution in [0.15, 0.2) is 24.3 Å². The lowest BCUT2D eigenvalue weighted by Gasteiger charge is -2.25. The SMILES string of the molecule is CN(C)C(CNC(=O)C1C(C(=O)O)C1(C)C)c1cccc(Cl)c1. The van der Waals surface area contributed by atoms with Gasteiger partial charge >= 0.3 is 5.97 Å². The molecular formula is C17H23ClN2O3. The van der Waals surface area contributed by atoms with Gasteiger partial charge in [-0.15, -0.1) is 0 Å². The summed E-state index contributed by atoms with van der Waals surface area (Å²) in [5, 5.41) is 12.7. The van der Waals surface area contributed by atoms with Gasteiger partial charge in [-0.25, -0.2) is 0 Å². The molecule has 2 rings (SSSR count). The Balaban J connectivity index is 2.03. The van der Waals surface area contributed by atoms with Crippen LogP contribution in [0.5, 0.6) is 0 Å². The van der Waals surface area contributed by atoms with Crippen LogP contribution in [0.1, 0.15) is 25.5 Å². The van der Waals surface area contributed by atoms with Crippen molar-refractivity contribution in [2.24, 2.45) is 17.3 Å². The van der Waals surface area contributed by atoms with Gasteiger partial charge in [-0.2, -0.15) is 0 Å². The minimum atomic E-state index is -0.908. The fraction of sp³-hybridized carbons (Fsp3) is 0.529. The molecule has 126 valence electrons. The molecule has 0 bridgehead atoms. The molecule has 2 N–H and O–H groups in total. The second-order valence-corrected chi connectivity index (χ2v) is 7.33. The average Bonchev–Trinajstić information content (AvgIpc) is 3.01. The number of carboxylic acid groups (broad SMARTS) is 1. The van der Waals surface area contributed by atoms with Crippen molar-refractivity contribution in [1.82, 2.24) is 10.2 Å². The predicted octanol–water partition coefficient (Wildman–Crippen LogP) is 2.42. The quantitative estimate of drug-likeness (QED) is 0.835. The molecule has 0 saturated heterocycles. The number of carboxylic acids is 1. The van der Waals surface area contributed by atoms with Crippen molar-refractivity contribution in [3.8, 4) is 0 Å². The summed E-state index contributed by atoms with van der Waals surface area (Å²) in [6, 6.07) is 7.49. The summed E-state index contributed by atoms with van der Waals surface area (Å²) >= 11 is 6.04. The average molecular weight is 339 g/mol. The Bertz CT molecular complexity index is 616. The minimum Gasteiger partial charge on any atom is -0.481 e. The zero-order valence-corrected chi connectivity index (χ0v) is 14.6. The van der Waals surface area contributed by atoms with E-state index in [0.29, 0.717) is 11.6 Å². The largest absolute Gasteiger partial charge is 0.481 e. The van der Waals surface area contributed by atoms with Gasteiger partial charge in [-0.05, 0) is 37.2 Å². The number of rotatable bonds is 6. The number of hydrogen-bond acceptors (Lipinski definition) is 3. The molecule has 0 aliphatic heterocycles. The fourth-order valence-corrected chi connectivity index (χ4v) is 3.41. The zero-order valence-electron chi connectivity index (χ0n) is 13.8. The number of carbonyl (C=O) groups excluding carboxylic acids is 1. The van der Waals surface area contributed by atoms with E-state index < -0.39 is 23.2 Å². The van der Waals surface area contributed by atoms with Crippen LogP contribution in [0.3, 0.4) is 0 Å². The summed E-state index contributed by atoms with van der Waals surface area (Å²) in [7, 11) is 3.86. The molecule has 0 spiro atoms. The summed E-state index contributed by atoms with van der Waals surface area (Å²) < 4.78 is 0. The smallest absolute Gasteiger partial charge is 0.307 e. The maximum atomic E-state index is 12.3. The van der Waals surface area contributed by atoms with E-state index in [0.717, 1.165) is 5.56 Å². The van der Waals surface area contributed by atoms with Gasteiger partial charge < -0.3 is 15.3 Å². The molecule has 0 aromatic heterocycles. The normalized spacial score (nSPS) is 23.4. The van der Waals surface area contributed by atoms with Gasteiger partial charge in [0.05, 0.1) is 17.9 Å². The number of hydrogen-bond donors (Lipinski definition) is 2. The van der Waals surface area contributed by atoms with Gasteiger partial charge in [0.15, 0.2) is 0 Å². The summed E-state index contributed by atoms with van der Waals surface area (Å²) in [4.78, 5) is 25.5. The maximum Gasteiger partial charge on any atom is 0.307 e. The van der Waals surface area contributed by atoms with E-state index in [2.05, 4.69) is 5.32 Å². The minimum absolute atomic E-state index is 0.0252. The van der Waals surface area contributed by atoms with E-state index in [1.54, 1.807) is 6.07 Å². The molecule has 0 heterocycles. The van der Waals surface area contributed by atoms with Crippen molar-refractivity contribution >= 4 is 23.5 Å². The molecule has 23 heavy (non-hydrogen) atoms. The molecule has 3 unspecified atom stereocenters. The summed E-state index contributed by atoms with van der Waals surface area (Å²) in [5.74, 6) is -2.18. The highest BCUT2D eigenvalue weighted by Crippen LogP contribution is 2.58. The van der Waals surface area contributed by atoms with Gasteiger partial charge in [-0.1, -0.05) is 37.6 Å². The molecule has 1 aliphatic rings. The molecule has 1 aromatic carbocycles. The van der Waals surface area contributed by atoms with Gasteiger partial charge in [0.1, 0.15) is 0 Å². The van der Waals surface area contributed by atoms with Gasteiger partial charge in [0.2, 0.25) is 5.91 Å². The van der Waals surface area contributed by atoms with E-state index in [-0.39, 0.29) is 11.9 Å². The Kier molecular flexibility index (Phi) is 5.01. The van der Waals surface area contributed by atoms with Crippen molar-refractivity contribution in [1.29, 1.82) is 0 Å². The van der Waals surface area contributed by atoms with Crippen LogP contribution >= 0.6 is 11.6 Å². The number of carbonyl (C=O) groups is 2. The molecule has 1 aromatic rings. The second-order valence-electron chi connectivity index (χ2n) is 6.89. The molecule has 0 radical (unpaired) electrons. The van der Waals surface area contributed by atoms with Crippen LogP contribution in [0.2, 0.25) is 5.02 Å². The van der Waals surface area contributed by atoms with Crippen LogP contribution in [0.4, 0.5) is 0 Å². The summed E-state index contributed by atoms with van der Waals surface area (Å²) in [6.07, 6.45) is 0. The first kappa shape index (κ1) is 17.8.